The van der Waals surface area contributed by atoms with Crippen LogP contribution < -0.4 is 16.0 Å². The molecular weight excluding hydrogens is 432 g/mol. The van der Waals surface area contributed by atoms with Gasteiger partial charge in [-0.1, -0.05) is 30.3 Å². The molecule has 3 N–H and O–H groups in total. The molecule has 2 aromatic carbocycles. The highest BCUT2D eigenvalue weighted by Gasteiger charge is 2.24. The first kappa shape index (κ1) is 24.6. The Kier molecular flexibility index (Phi) is 8.13. The Bertz CT molecular complexity index is 1100. The van der Waals surface area contributed by atoms with Crippen molar-refractivity contribution >= 4 is 35.1 Å². The van der Waals surface area contributed by atoms with Gasteiger partial charge in [-0.25, -0.2) is 9.97 Å². The third kappa shape index (κ3) is 7.84. The Labute approximate surface area is 199 Å². The summed E-state index contributed by atoms with van der Waals surface area (Å²) in [6.07, 6.45) is 2.03. The van der Waals surface area contributed by atoms with Crippen LogP contribution in [0.15, 0.2) is 60.9 Å². The van der Waals surface area contributed by atoms with Gasteiger partial charge < -0.3 is 20.7 Å². The zero-order valence-electron chi connectivity index (χ0n) is 19.8. The lowest BCUT2D eigenvalue weighted by Crippen LogP contribution is -2.33. The number of carbonyl (C=O) groups is 2. The minimum atomic E-state index is -0.586. The van der Waals surface area contributed by atoms with Crippen molar-refractivity contribution in [3.63, 3.8) is 0 Å². The Hall–Kier alpha value is -4.01. The normalized spacial score (nSPS) is 11.9. The summed E-state index contributed by atoms with van der Waals surface area (Å²) in [5, 5.41) is 9.10. The molecule has 0 aliphatic heterocycles. The zero-order valence-corrected chi connectivity index (χ0v) is 19.8. The van der Waals surface area contributed by atoms with Crippen molar-refractivity contribution in [3.8, 4) is 0 Å². The van der Waals surface area contributed by atoms with Crippen LogP contribution in [-0.2, 0) is 20.7 Å². The third-order valence-electron chi connectivity index (χ3n) is 4.72. The predicted molar refractivity (Wildman–Crippen MR) is 132 cm³/mol. The highest BCUT2D eigenvalue weighted by atomic mass is 16.5. The van der Waals surface area contributed by atoms with E-state index >= 15 is 0 Å². The first-order valence-corrected chi connectivity index (χ1v) is 11.0. The van der Waals surface area contributed by atoms with E-state index in [1.165, 1.54) is 13.3 Å². The van der Waals surface area contributed by atoms with Crippen molar-refractivity contribution < 1.29 is 14.3 Å². The van der Waals surface area contributed by atoms with Crippen LogP contribution in [0.1, 0.15) is 33.3 Å². The van der Waals surface area contributed by atoms with E-state index in [0.717, 1.165) is 11.3 Å². The van der Waals surface area contributed by atoms with E-state index in [1.807, 2.05) is 63.2 Å². The standard InChI is InChI=1S/C25H30N6O3/c1-17(32)28-19-10-12-20(13-11-19)29-23-26-16-27-24(31-23)30-21(14-18-8-6-5-7-9-18)15-34-22(33)25(2,3)4/h5-13,16,21H,14-15H2,1-4H3,(H,28,32)(H2,26,27,29,30,31)/t21-/m0/s1. The van der Waals surface area contributed by atoms with Crippen molar-refractivity contribution in [3.05, 3.63) is 66.5 Å². The average molecular weight is 463 g/mol. The van der Waals surface area contributed by atoms with Gasteiger partial charge in [0.1, 0.15) is 12.9 Å². The molecule has 0 fully saturated rings. The van der Waals surface area contributed by atoms with Gasteiger partial charge in [0.15, 0.2) is 0 Å². The SMILES string of the molecule is CC(=O)Nc1ccc(Nc2ncnc(N[C@H](COC(=O)C(C)(C)C)Cc3ccccc3)n2)cc1. The summed E-state index contributed by atoms with van der Waals surface area (Å²) < 4.78 is 5.56. The molecule has 0 unspecified atom stereocenters. The van der Waals surface area contributed by atoms with E-state index in [4.69, 9.17) is 4.74 Å². The fourth-order valence-corrected chi connectivity index (χ4v) is 3.02. The maximum atomic E-state index is 12.3. The lowest BCUT2D eigenvalue weighted by molar-refractivity contribution is -0.153. The maximum Gasteiger partial charge on any atom is 0.311 e. The molecular formula is C25H30N6O3. The van der Waals surface area contributed by atoms with E-state index in [9.17, 15) is 9.59 Å². The van der Waals surface area contributed by atoms with E-state index in [0.29, 0.717) is 24.0 Å². The molecule has 1 amide bonds. The molecule has 0 aliphatic carbocycles. The molecule has 0 aliphatic rings. The van der Waals surface area contributed by atoms with Gasteiger partial charge in [0, 0.05) is 18.3 Å². The number of ether oxygens (including phenoxy) is 1. The fraction of sp³-hybridized carbons (Fsp3) is 0.320. The minimum absolute atomic E-state index is 0.132. The van der Waals surface area contributed by atoms with Gasteiger partial charge in [0.05, 0.1) is 11.5 Å². The number of carbonyl (C=O) groups excluding carboxylic acids is 2. The van der Waals surface area contributed by atoms with Crippen LogP contribution in [0.5, 0.6) is 0 Å². The maximum absolute atomic E-state index is 12.3. The molecule has 1 heterocycles. The first-order chi connectivity index (χ1) is 16.2. The first-order valence-electron chi connectivity index (χ1n) is 11.0. The van der Waals surface area contributed by atoms with Gasteiger partial charge in [0.25, 0.3) is 0 Å². The number of nitrogens with zero attached hydrogens (tertiary/aromatic N) is 3. The van der Waals surface area contributed by atoms with Crippen LogP contribution in [-0.4, -0.2) is 39.5 Å². The fourth-order valence-electron chi connectivity index (χ4n) is 3.02. The van der Waals surface area contributed by atoms with Crippen LogP contribution in [0.3, 0.4) is 0 Å². The second-order valence-electron chi connectivity index (χ2n) is 8.90. The molecule has 0 radical (unpaired) electrons. The average Bonchev–Trinajstić information content (AvgIpc) is 2.78. The van der Waals surface area contributed by atoms with Crippen molar-refractivity contribution in [1.29, 1.82) is 0 Å². The highest BCUT2D eigenvalue weighted by molar-refractivity contribution is 5.88. The van der Waals surface area contributed by atoms with Crippen LogP contribution in [0.4, 0.5) is 23.3 Å². The quantitative estimate of drug-likeness (QED) is 0.405. The Morgan fingerprint density at radius 3 is 2.24 bits per heavy atom. The number of anilines is 4. The predicted octanol–water partition coefficient (Wildman–Crippen LogP) is 4.19. The van der Waals surface area contributed by atoms with E-state index in [2.05, 4.69) is 30.9 Å². The number of rotatable bonds is 9. The van der Waals surface area contributed by atoms with E-state index in [1.54, 1.807) is 12.1 Å². The Morgan fingerprint density at radius 2 is 1.59 bits per heavy atom. The van der Waals surface area contributed by atoms with Crippen LogP contribution in [0, 0.1) is 5.41 Å². The minimum Gasteiger partial charge on any atom is -0.463 e. The van der Waals surface area contributed by atoms with Gasteiger partial charge in [-0.2, -0.15) is 4.98 Å². The number of hydrogen-bond donors (Lipinski definition) is 3. The summed E-state index contributed by atoms with van der Waals surface area (Å²) in [4.78, 5) is 36.3. The van der Waals surface area contributed by atoms with Gasteiger partial charge in [-0.05, 0) is 57.0 Å². The second-order valence-corrected chi connectivity index (χ2v) is 8.90. The molecule has 9 nitrogen and oxygen atoms in total. The topological polar surface area (TPSA) is 118 Å². The molecule has 1 atom stereocenters. The summed E-state index contributed by atoms with van der Waals surface area (Å²) >= 11 is 0. The molecule has 0 saturated heterocycles. The summed E-state index contributed by atoms with van der Waals surface area (Å²) in [5.41, 5.74) is 1.96. The van der Waals surface area contributed by atoms with Crippen molar-refractivity contribution in [2.24, 2.45) is 5.41 Å². The van der Waals surface area contributed by atoms with Gasteiger partial charge >= 0.3 is 5.97 Å². The molecule has 1 aromatic heterocycles. The van der Waals surface area contributed by atoms with Gasteiger partial charge in [-0.3, -0.25) is 9.59 Å². The largest absolute Gasteiger partial charge is 0.463 e. The van der Waals surface area contributed by atoms with E-state index < -0.39 is 5.41 Å². The molecule has 9 heteroatoms. The monoisotopic (exact) mass is 462 g/mol. The summed E-state index contributed by atoms with van der Waals surface area (Å²) in [6, 6.07) is 16.9. The van der Waals surface area contributed by atoms with Gasteiger partial charge in [-0.15, -0.1) is 0 Å². The number of hydrogen-bond acceptors (Lipinski definition) is 8. The van der Waals surface area contributed by atoms with Crippen molar-refractivity contribution in [1.82, 2.24) is 15.0 Å². The number of aromatic nitrogens is 3. The summed E-state index contributed by atoms with van der Waals surface area (Å²) in [7, 11) is 0. The van der Waals surface area contributed by atoms with E-state index in [-0.39, 0.29) is 24.5 Å². The summed E-state index contributed by atoms with van der Waals surface area (Å²) in [5.74, 6) is 0.315. The molecule has 34 heavy (non-hydrogen) atoms. The lowest BCUT2D eigenvalue weighted by Gasteiger charge is -2.22. The number of benzene rings is 2. The lowest BCUT2D eigenvalue weighted by atomic mass is 9.97. The van der Waals surface area contributed by atoms with Gasteiger partial charge in [0.2, 0.25) is 17.8 Å². The Morgan fingerprint density at radius 1 is 0.941 bits per heavy atom. The number of amides is 1. The van der Waals surface area contributed by atoms with Crippen molar-refractivity contribution in [2.75, 3.05) is 22.6 Å². The summed E-state index contributed by atoms with van der Waals surface area (Å²) in [6.45, 7) is 7.09. The highest BCUT2D eigenvalue weighted by Crippen LogP contribution is 2.18. The second kappa shape index (κ2) is 11.2. The van der Waals surface area contributed by atoms with Crippen LogP contribution in [0.25, 0.3) is 0 Å². The zero-order chi connectivity index (χ0) is 24.6. The molecule has 0 bridgehead atoms. The Balaban J connectivity index is 1.69. The van der Waals surface area contributed by atoms with Crippen molar-refractivity contribution in [2.45, 2.75) is 40.2 Å². The number of esters is 1. The smallest absolute Gasteiger partial charge is 0.311 e. The molecule has 3 aromatic rings. The molecule has 0 spiro atoms. The molecule has 0 saturated carbocycles. The number of nitrogens with one attached hydrogen (secondary N) is 3. The molecule has 3 rings (SSSR count). The molecule has 178 valence electrons. The van der Waals surface area contributed by atoms with Crippen LogP contribution >= 0.6 is 0 Å². The van der Waals surface area contributed by atoms with Crippen LogP contribution in [0.2, 0.25) is 0 Å². The third-order valence-corrected chi connectivity index (χ3v) is 4.72.